The monoisotopic (exact) mass is 475 g/mol. The highest BCUT2D eigenvalue weighted by Gasteiger charge is 2.55. The first-order valence-electron chi connectivity index (χ1n) is 12.8. The van der Waals surface area contributed by atoms with Gasteiger partial charge in [-0.3, -0.25) is 4.40 Å². The van der Waals surface area contributed by atoms with E-state index >= 15 is 0 Å². The first-order valence-corrected chi connectivity index (χ1v) is 12.8. The third-order valence-corrected chi connectivity index (χ3v) is 8.01. The summed E-state index contributed by atoms with van der Waals surface area (Å²) < 4.78 is 8.15. The fraction of sp³-hybridized carbons (Fsp3) is 0.300. The molecule has 6 heteroatoms. The van der Waals surface area contributed by atoms with E-state index in [1.54, 1.807) is 0 Å². The Morgan fingerprint density at radius 2 is 1.75 bits per heavy atom. The van der Waals surface area contributed by atoms with Crippen LogP contribution >= 0.6 is 0 Å². The van der Waals surface area contributed by atoms with Gasteiger partial charge in [-0.2, -0.15) is 0 Å². The van der Waals surface area contributed by atoms with Crippen LogP contribution in [-0.2, 0) is 16.7 Å². The number of ether oxygens (including phenoxy) is 1. The summed E-state index contributed by atoms with van der Waals surface area (Å²) in [6, 6.07) is 25.4. The summed E-state index contributed by atoms with van der Waals surface area (Å²) >= 11 is 0. The molecule has 0 unspecified atom stereocenters. The summed E-state index contributed by atoms with van der Waals surface area (Å²) in [5, 5.41) is 8.74. The predicted octanol–water partition coefficient (Wildman–Crippen LogP) is 5.67. The van der Waals surface area contributed by atoms with Crippen LogP contribution in [0.1, 0.15) is 44.0 Å². The number of hydrogen-bond donors (Lipinski definition) is 1. The molecule has 3 aromatic heterocycles. The van der Waals surface area contributed by atoms with Gasteiger partial charge in [-0.15, -0.1) is 10.2 Å². The zero-order valence-corrected chi connectivity index (χ0v) is 20.4. The number of nitrogens with two attached hydrogens (primary N) is 1. The zero-order valence-electron chi connectivity index (χ0n) is 20.4. The van der Waals surface area contributed by atoms with Crippen LogP contribution in [0.5, 0.6) is 0 Å². The van der Waals surface area contributed by atoms with Crippen LogP contribution in [0, 0.1) is 0 Å². The first kappa shape index (κ1) is 21.7. The number of rotatable bonds is 4. The van der Waals surface area contributed by atoms with Crippen LogP contribution in [0.4, 0.5) is 0 Å². The minimum atomic E-state index is -0.307. The second kappa shape index (κ2) is 7.95. The fourth-order valence-electron chi connectivity index (χ4n) is 6.26. The molecule has 0 radical (unpaired) electrons. The van der Waals surface area contributed by atoms with Gasteiger partial charge in [0.25, 0.3) is 0 Å². The predicted molar refractivity (Wildman–Crippen MR) is 142 cm³/mol. The number of aryl methyl sites for hydroxylation is 1. The van der Waals surface area contributed by atoms with Crippen molar-refractivity contribution in [3.63, 3.8) is 0 Å². The van der Waals surface area contributed by atoms with Crippen LogP contribution in [0.25, 0.3) is 39.1 Å². The first-order chi connectivity index (χ1) is 17.6. The fourth-order valence-corrected chi connectivity index (χ4v) is 6.26. The summed E-state index contributed by atoms with van der Waals surface area (Å²) in [4.78, 5) is 5.18. The van der Waals surface area contributed by atoms with Gasteiger partial charge in [0.05, 0.1) is 22.3 Å². The molecule has 180 valence electrons. The Kier molecular flexibility index (Phi) is 4.78. The van der Waals surface area contributed by atoms with Crippen molar-refractivity contribution in [2.24, 2.45) is 5.73 Å². The number of benzene rings is 2. The lowest BCUT2D eigenvalue weighted by Crippen LogP contribution is -2.59. The van der Waals surface area contributed by atoms with Crippen molar-refractivity contribution in [2.45, 2.75) is 50.2 Å². The molecule has 0 amide bonds. The maximum Gasteiger partial charge on any atom is 0.161 e. The van der Waals surface area contributed by atoms with Crippen molar-refractivity contribution in [3.05, 3.63) is 84.2 Å². The largest absolute Gasteiger partial charge is 0.375 e. The highest BCUT2D eigenvalue weighted by molar-refractivity contribution is 5.91. The molecular weight excluding hydrogens is 446 g/mol. The van der Waals surface area contributed by atoms with E-state index in [0.29, 0.717) is 0 Å². The minimum Gasteiger partial charge on any atom is -0.375 e. The molecule has 2 N–H and O–H groups in total. The zero-order chi connectivity index (χ0) is 24.3. The summed E-state index contributed by atoms with van der Waals surface area (Å²) in [6.45, 7) is 2.97. The molecule has 1 aliphatic carbocycles. The normalized spacial score (nSPS) is 23.5. The number of aromatic nitrogens is 4. The molecule has 7 rings (SSSR count). The second-order valence-electron chi connectivity index (χ2n) is 10.4. The van der Waals surface area contributed by atoms with Crippen LogP contribution < -0.4 is 5.73 Å². The topological polar surface area (TPSA) is 78.3 Å². The van der Waals surface area contributed by atoms with Gasteiger partial charge in [0.1, 0.15) is 5.82 Å². The number of fused-ring (bicyclic) bond motifs is 3. The van der Waals surface area contributed by atoms with Gasteiger partial charge < -0.3 is 10.5 Å². The van der Waals surface area contributed by atoms with Gasteiger partial charge in [0, 0.05) is 29.7 Å². The third kappa shape index (κ3) is 3.29. The lowest BCUT2D eigenvalue weighted by atomic mass is 9.61. The van der Waals surface area contributed by atoms with E-state index in [0.717, 1.165) is 83.6 Å². The van der Waals surface area contributed by atoms with Gasteiger partial charge in [0.15, 0.2) is 5.65 Å². The quantitative estimate of drug-likeness (QED) is 0.362. The average molecular weight is 476 g/mol. The number of pyridine rings is 2. The number of nitrogens with zero attached hydrogens (tertiary/aromatic N) is 4. The molecule has 36 heavy (non-hydrogen) atoms. The average Bonchev–Trinajstić information content (AvgIpc) is 3.56. The van der Waals surface area contributed by atoms with E-state index in [-0.39, 0.29) is 11.1 Å². The Balaban J connectivity index is 1.35. The van der Waals surface area contributed by atoms with E-state index in [1.165, 1.54) is 5.56 Å². The standard InChI is InChI=1S/C30H29N5O/c1-2-26-33-34-27-14-13-24-25(35(26)27)17-23(20-7-4-3-5-8-20)28(32-24)21-9-11-22(12-10-21)30(31)18-29(19-30)15-6-16-36-29/h3-5,7-14,17H,2,6,15-16,18-19,31H2,1H3/t29-,30-. The van der Waals surface area contributed by atoms with Crippen LogP contribution in [-0.4, -0.2) is 31.8 Å². The molecule has 1 aliphatic heterocycles. The molecule has 2 aromatic carbocycles. The Hall–Kier alpha value is -3.61. The highest BCUT2D eigenvalue weighted by atomic mass is 16.5. The van der Waals surface area contributed by atoms with Crippen LogP contribution in [0.3, 0.4) is 0 Å². The van der Waals surface area contributed by atoms with Crippen molar-refractivity contribution in [1.29, 1.82) is 0 Å². The Morgan fingerprint density at radius 1 is 0.944 bits per heavy atom. The van der Waals surface area contributed by atoms with Crippen molar-refractivity contribution < 1.29 is 4.74 Å². The molecular formula is C30H29N5O. The van der Waals surface area contributed by atoms with E-state index < -0.39 is 0 Å². The lowest BCUT2D eigenvalue weighted by molar-refractivity contribution is -0.104. The van der Waals surface area contributed by atoms with Crippen molar-refractivity contribution in [2.75, 3.05) is 6.61 Å². The van der Waals surface area contributed by atoms with Gasteiger partial charge in [-0.1, -0.05) is 61.5 Å². The summed E-state index contributed by atoms with van der Waals surface area (Å²) in [6.07, 6.45) is 4.88. The van der Waals surface area contributed by atoms with Gasteiger partial charge in [0.2, 0.25) is 0 Å². The molecule has 1 saturated heterocycles. The Labute approximate surface area is 210 Å². The molecule has 1 spiro atoms. The molecule has 4 heterocycles. The van der Waals surface area contributed by atoms with E-state index in [9.17, 15) is 0 Å². The summed E-state index contributed by atoms with van der Waals surface area (Å²) in [5.41, 5.74) is 14.7. The Bertz CT molecular complexity index is 1580. The van der Waals surface area contributed by atoms with Crippen molar-refractivity contribution in [3.8, 4) is 22.4 Å². The Morgan fingerprint density at radius 3 is 2.47 bits per heavy atom. The van der Waals surface area contributed by atoms with Gasteiger partial charge in [-0.25, -0.2) is 4.98 Å². The lowest BCUT2D eigenvalue weighted by Gasteiger charge is -2.52. The molecule has 0 atom stereocenters. The summed E-state index contributed by atoms with van der Waals surface area (Å²) in [7, 11) is 0. The SMILES string of the molecule is CCc1nnc2ccc3nc(-c4ccc([C@]5(N)C[C@@]6(CCCO6)C5)cc4)c(-c4ccccc4)cc3n12. The molecule has 0 bridgehead atoms. The van der Waals surface area contributed by atoms with E-state index in [4.69, 9.17) is 15.5 Å². The maximum atomic E-state index is 6.82. The van der Waals surface area contributed by atoms with Gasteiger partial charge >= 0.3 is 0 Å². The maximum absolute atomic E-state index is 6.82. The van der Waals surface area contributed by atoms with Gasteiger partial charge in [-0.05, 0) is 55.0 Å². The van der Waals surface area contributed by atoms with Crippen molar-refractivity contribution in [1.82, 2.24) is 19.6 Å². The van der Waals surface area contributed by atoms with Crippen molar-refractivity contribution >= 4 is 16.7 Å². The number of hydrogen-bond acceptors (Lipinski definition) is 5. The molecule has 5 aromatic rings. The van der Waals surface area contributed by atoms with E-state index in [2.05, 4.69) is 76.1 Å². The summed E-state index contributed by atoms with van der Waals surface area (Å²) in [5.74, 6) is 0.936. The molecule has 1 saturated carbocycles. The van der Waals surface area contributed by atoms with Crippen LogP contribution in [0.2, 0.25) is 0 Å². The smallest absolute Gasteiger partial charge is 0.161 e. The molecule has 2 aliphatic rings. The molecule has 2 fully saturated rings. The van der Waals surface area contributed by atoms with E-state index in [1.807, 2.05) is 18.2 Å². The minimum absolute atomic E-state index is 0.0126. The second-order valence-corrected chi connectivity index (χ2v) is 10.4. The molecule has 6 nitrogen and oxygen atoms in total. The van der Waals surface area contributed by atoms with Crippen LogP contribution in [0.15, 0.2) is 72.8 Å². The highest BCUT2D eigenvalue weighted by Crippen LogP contribution is 2.53. The third-order valence-electron chi connectivity index (χ3n) is 8.01.